The van der Waals surface area contributed by atoms with Crippen LogP contribution in [0.3, 0.4) is 0 Å². The Labute approximate surface area is 68.4 Å². The van der Waals surface area contributed by atoms with Gasteiger partial charge in [-0.3, -0.25) is 5.41 Å². The number of nitrogens with one attached hydrogen (secondary N) is 1. The average molecular weight is 201 g/mol. The van der Waals surface area contributed by atoms with E-state index in [-0.39, 0.29) is 5.84 Å². The minimum atomic E-state index is 0.191. The van der Waals surface area contributed by atoms with E-state index >= 15 is 0 Å². The second-order valence-corrected chi connectivity index (χ2v) is 3.24. The minimum absolute atomic E-state index is 0.191. The van der Waals surface area contributed by atoms with E-state index in [1.165, 1.54) is 4.48 Å². The first-order valence-electron chi connectivity index (χ1n) is 3.10. The highest BCUT2D eigenvalue weighted by Crippen LogP contribution is 2.21. The number of rotatable bonds is 1. The van der Waals surface area contributed by atoms with E-state index in [0.717, 1.165) is 18.4 Å². The fourth-order valence-electron chi connectivity index (χ4n) is 0.836. The Hall–Kier alpha value is -0.570. The summed E-state index contributed by atoms with van der Waals surface area (Å²) < 4.78 is 1.18. The fourth-order valence-corrected chi connectivity index (χ4v) is 1.17. The van der Waals surface area contributed by atoms with Crippen molar-refractivity contribution in [2.45, 2.75) is 12.8 Å². The molecule has 0 fully saturated rings. The first kappa shape index (κ1) is 7.54. The van der Waals surface area contributed by atoms with E-state index in [1.54, 1.807) is 0 Å². The first-order valence-corrected chi connectivity index (χ1v) is 3.89. The Morgan fingerprint density at radius 2 is 2.20 bits per heavy atom. The molecule has 0 radical (unpaired) electrons. The normalized spacial score (nSPS) is 17.7. The zero-order valence-corrected chi connectivity index (χ0v) is 7.11. The monoisotopic (exact) mass is 200 g/mol. The van der Waals surface area contributed by atoms with Gasteiger partial charge in [-0.15, -0.1) is 0 Å². The van der Waals surface area contributed by atoms with Crippen LogP contribution in [0.2, 0.25) is 0 Å². The van der Waals surface area contributed by atoms with Crippen LogP contribution in [0.5, 0.6) is 0 Å². The van der Waals surface area contributed by atoms with Gasteiger partial charge in [0, 0.05) is 0 Å². The molecule has 0 atom stereocenters. The van der Waals surface area contributed by atoms with Gasteiger partial charge in [0.15, 0.2) is 0 Å². The van der Waals surface area contributed by atoms with Crippen LogP contribution in [-0.2, 0) is 0 Å². The lowest BCUT2D eigenvalue weighted by atomic mass is 10.0. The van der Waals surface area contributed by atoms with Crippen molar-refractivity contribution in [1.29, 1.82) is 5.41 Å². The van der Waals surface area contributed by atoms with E-state index in [4.69, 9.17) is 11.1 Å². The van der Waals surface area contributed by atoms with Crippen molar-refractivity contribution in [3.8, 4) is 0 Å². The van der Waals surface area contributed by atoms with Crippen molar-refractivity contribution in [1.82, 2.24) is 0 Å². The molecule has 0 heterocycles. The first-order chi connectivity index (χ1) is 4.70. The Kier molecular flexibility index (Phi) is 2.27. The van der Waals surface area contributed by atoms with Gasteiger partial charge in [-0.05, 0) is 22.9 Å². The molecule has 1 rings (SSSR count). The number of hydrogen-bond donors (Lipinski definition) is 2. The average Bonchev–Trinajstić information content (AvgIpc) is 1.88. The van der Waals surface area contributed by atoms with Gasteiger partial charge in [0.05, 0.1) is 0 Å². The van der Waals surface area contributed by atoms with Crippen LogP contribution in [0.4, 0.5) is 0 Å². The third kappa shape index (κ3) is 1.70. The van der Waals surface area contributed by atoms with Gasteiger partial charge < -0.3 is 5.73 Å². The van der Waals surface area contributed by atoms with Crippen LogP contribution >= 0.6 is 15.9 Å². The Morgan fingerprint density at radius 1 is 1.50 bits per heavy atom. The van der Waals surface area contributed by atoms with Crippen LogP contribution < -0.4 is 5.73 Å². The van der Waals surface area contributed by atoms with Gasteiger partial charge in [-0.25, -0.2) is 0 Å². The number of halogens is 1. The summed E-state index contributed by atoms with van der Waals surface area (Å²) in [6.07, 6.45) is 5.67. The highest BCUT2D eigenvalue weighted by molar-refractivity contribution is 9.11. The maximum Gasteiger partial charge on any atom is 0.118 e. The van der Waals surface area contributed by atoms with Crippen molar-refractivity contribution in [2.24, 2.45) is 5.73 Å². The summed E-state index contributed by atoms with van der Waals surface area (Å²) in [4.78, 5) is 0. The molecular weight excluding hydrogens is 192 g/mol. The van der Waals surface area contributed by atoms with Crippen LogP contribution in [0.25, 0.3) is 0 Å². The SMILES string of the molecule is N=C(N)C1=CC=C(Br)CC1. The molecular formula is C7H9BrN2. The Morgan fingerprint density at radius 3 is 2.60 bits per heavy atom. The van der Waals surface area contributed by atoms with Crippen molar-refractivity contribution in [3.05, 3.63) is 22.2 Å². The molecule has 10 heavy (non-hydrogen) atoms. The van der Waals surface area contributed by atoms with Gasteiger partial charge in [0.1, 0.15) is 5.84 Å². The van der Waals surface area contributed by atoms with Crippen LogP contribution in [0.1, 0.15) is 12.8 Å². The van der Waals surface area contributed by atoms with Crippen LogP contribution in [0.15, 0.2) is 22.2 Å². The molecule has 2 nitrogen and oxygen atoms in total. The second-order valence-electron chi connectivity index (χ2n) is 2.22. The van der Waals surface area contributed by atoms with Crippen molar-refractivity contribution in [2.75, 3.05) is 0 Å². The highest BCUT2D eigenvalue weighted by Gasteiger charge is 2.05. The van der Waals surface area contributed by atoms with Gasteiger partial charge >= 0.3 is 0 Å². The molecule has 0 aliphatic heterocycles. The lowest BCUT2D eigenvalue weighted by Crippen LogP contribution is -2.13. The van der Waals surface area contributed by atoms with Gasteiger partial charge in [-0.2, -0.15) is 0 Å². The molecule has 0 bridgehead atoms. The predicted molar refractivity (Wildman–Crippen MR) is 46.2 cm³/mol. The number of nitrogens with two attached hydrogens (primary N) is 1. The van der Waals surface area contributed by atoms with Crippen LogP contribution in [-0.4, -0.2) is 5.84 Å². The molecule has 3 N–H and O–H groups in total. The number of amidine groups is 1. The van der Waals surface area contributed by atoms with Gasteiger partial charge in [-0.1, -0.05) is 28.1 Å². The van der Waals surface area contributed by atoms with Gasteiger partial charge in [0.2, 0.25) is 0 Å². The minimum Gasteiger partial charge on any atom is -0.384 e. The molecule has 0 unspecified atom stereocenters. The van der Waals surface area contributed by atoms with E-state index in [9.17, 15) is 0 Å². The molecule has 1 aliphatic carbocycles. The topological polar surface area (TPSA) is 49.9 Å². The molecule has 0 aromatic carbocycles. The summed E-state index contributed by atoms with van der Waals surface area (Å²) in [6, 6.07) is 0. The predicted octanol–water partition coefficient (Wildman–Crippen LogP) is 1.92. The lowest BCUT2D eigenvalue weighted by Gasteiger charge is -2.08. The Balaban J connectivity index is 2.74. The summed E-state index contributed by atoms with van der Waals surface area (Å²) in [5, 5.41) is 7.12. The molecule has 54 valence electrons. The summed E-state index contributed by atoms with van der Waals surface area (Å²) in [7, 11) is 0. The molecule has 0 aromatic heterocycles. The smallest absolute Gasteiger partial charge is 0.118 e. The van der Waals surface area contributed by atoms with Crippen molar-refractivity contribution < 1.29 is 0 Å². The quantitative estimate of drug-likeness (QED) is 0.494. The molecule has 0 saturated carbocycles. The third-order valence-corrected chi connectivity index (χ3v) is 2.11. The fraction of sp³-hybridized carbons (Fsp3) is 0.286. The maximum absolute atomic E-state index is 7.12. The summed E-state index contributed by atoms with van der Waals surface area (Å²) in [5.74, 6) is 0.191. The molecule has 1 aliphatic rings. The summed E-state index contributed by atoms with van der Waals surface area (Å²) >= 11 is 3.37. The molecule has 3 heteroatoms. The van der Waals surface area contributed by atoms with E-state index in [0.29, 0.717) is 0 Å². The Bertz CT molecular complexity index is 216. The number of hydrogen-bond acceptors (Lipinski definition) is 1. The lowest BCUT2D eigenvalue weighted by molar-refractivity contribution is 0.987. The zero-order chi connectivity index (χ0) is 7.56. The number of allylic oxidation sites excluding steroid dienone is 3. The van der Waals surface area contributed by atoms with E-state index in [2.05, 4.69) is 15.9 Å². The zero-order valence-electron chi connectivity index (χ0n) is 5.52. The largest absolute Gasteiger partial charge is 0.384 e. The van der Waals surface area contributed by atoms with Crippen molar-refractivity contribution >= 4 is 21.8 Å². The third-order valence-electron chi connectivity index (χ3n) is 1.44. The molecule has 0 saturated heterocycles. The second kappa shape index (κ2) is 3.01. The highest BCUT2D eigenvalue weighted by atomic mass is 79.9. The summed E-state index contributed by atoms with van der Waals surface area (Å²) in [6.45, 7) is 0. The van der Waals surface area contributed by atoms with Gasteiger partial charge in [0.25, 0.3) is 0 Å². The van der Waals surface area contributed by atoms with Crippen molar-refractivity contribution in [3.63, 3.8) is 0 Å². The summed E-state index contributed by atoms with van der Waals surface area (Å²) in [5.41, 5.74) is 6.22. The van der Waals surface area contributed by atoms with E-state index in [1.807, 2.05) is 12.2 Å². The standard InChI is InChI=1S/C7H9BrN2/c8-6-3-1-5(2-4-6)7(9)10/h1,3H,2,4H2,(H3,9,10). The van der Waals surface area contributed by atoms with E-state index < -0.39 is 0 Å². The molecule has 0 aromatic rings. The molecule has 0 spiro atoms. The van der Waals surface area contributed by atoms with Crippen LogP contribution in [0, 0.1) is 5.41 Å². The molecule has 0 amide bonds. The maximum atomic E-state index is 7.12.